The summed E-state index contributed by atoms with van der Waals surface area (Å²) in [6.45, 7) is 2.69. The molecule has 0 atom stereocenters. The largest absolute Gasteiger partial charge is 0.312 e. The molecule has 142 valence electrons. The van der Waals surface area contributed by atoms with Crippen molar-refractivity contribution >= 4 is 29.1 Å². The number of rotatable bonds is 6. The van der Waals surface area contributed by atoms with E-state index in [1.165, 1.54) is 11.8 Å². The summed E-state index contributed by atoms with van der Waals surface area (Å²) in [5, 5.41) is 12.4. The molecule has 3 aromatic rings. The molecule has 1 amide bonds. The van der Waals surface area contributed by atoms with Gasteiger partial charge in [0, 0.05) is 24.2 Å². The molecule has 8 heteroatoms. The second kappa shape index (κ2) is 7.93. The van der Waals surface area contributed by atoms with Gasteiger partial charge in [-0.25, -0.2) is 0 Å². The van der Waals surface area contributed by atoms with Gasteiger partial charge in [-0.1, -0.05) is 42.1 Å². The minimum Gasteiger partial charge on any atom is -0.312 e. The third-order valence-electron chi connectivity index (χ3n) is 4.67. The van der Waals surface area contributed by atoms with Gasteiger partial charge < -0.3 is 4.90 Å². The van der Waals surface area contributed by atoms with Crippen molar-refractivity contribution in [3.05, 3.63) is 59.7 Å². The van der Waals surface area contributed by atoms with Gasteiger partial charge in [-0.3, -0.25) is 9.59 Å². The highest BCUT2D eigenvalue weighted by Gasteiger charge is 2.22. The Morgan fingerprint density at radius 3 is 2.82 bits per heavy atom. The van der Waals surface area contributed by atoms with Crippen LogP contribution >= 0.6 is 11.8 Å². The van der Waals surface area contributed by atoms with Crippen molar-refractivity contribution < 1.29 is 9.59 Å². The molecule has 1 saturated heterocycles. The van der Waals surface area contributed by atoms with Gasteiger partial charge in [0.2, 0.25) is 11.1 Å². The van der Waals surface area contributed by atoms with Crippen LogP contribution in [0.3, 0.4) is 0 Å². The zero-order chi connectivity index (χ0) is 19.5. The summed E-state index contributed by atoms with van der Waals surface area (Å²) in [6.07, 6.45) is 1.42. The van der Waals surface area contributed by atoms with E-state index in [2.05, 4.69) is 15.5 Å². The second-order valence-corrected chi connectivity index (χ2v) is 7.51. The summed E-state index contributed by atoms with van der Waals surface area (Å²) in [6, 6.07) is 15.1. The lowest BCUT2D eigenvalue weighted by molar-refractivity contribution is -0.117. The smallest absolute Gasteiger partial charge is 0.227 e. The molecule has 1 aromatic heterocycles. The number of carbonyl (C=O) groups is 2. The van der Waals surface area contributed by atoms with Gasteiger partial charge in [0.1, 0.15) is 0 Å². The summed E-state index contributed by atoms with van der Waals surface area (Å²) in [5.74, 6) is 0.290. The molecule has 28 heavy (non-hydrogen) atoms. The fraction of sp³-hybridized carbons (Fsp3) is 0.250. The molecule has 4 rings (SSSR count). The van der Waals surface area contributed by atoms with E-state index in [0.717, 1.165) is 23.4 Å². The number of amides is 1. The first-order chi connectivity index (χ1) is 13.6. The standard InChI is InChI=1S/C20H19N5O2S/c1-14-6-2-3-9-17(14)25-20(21-22-23-25)28-13-18(26)15-7-4-8-16(12-15)24-11-5-10-19(24)27/h2-4,6-9,12H,5,10-11,13H2,1H3. The molecule has 1 aliphatic heterocycles. The van der Waals surface area contributed by atoms with E-state index in [9.17, 15) is 9.59 Å². The van der Waals surface area contributed by atoms with E-state index in [-0.39, 0.29) is 17.4 Å². The van der Waals surface area contributed by atoms with Gasteiger partial charge in [-0.2, -0.15) is 4.68 Å². The number of aromatic nitrogens is 4. The number of benzene rings is 2. The monoisotopic (exact) mass is 393 g/mol. The Kier molecular flexibility index (Phi) is 5.21. The number of hydrogen-bond donors (Lipinski definition) is 0. The molecule has 0 unspecified atom stereocenters. The maximum absolute atomic E-state index is 12.7. The number of carbonyl (C=O) groups excluding carboxylic acids is 2. The zero-order valence-corrected chi connectivity index (χ0v) is 16.2. The van der Waals surface area contributed by atoms with Crippen LogP contribution in [0, 0.1) is 6.92 Å². The molecule has 0 aliphatic carbocycles. The lowest BCUT2D eigenvalue weighted by Gasteiger charge is -2.16. The molecule has 1 aliphatic rings. The third-order valence-corrected chi connectivity index (χ3v) is 5.59. The van der Waals surface area contributed by atoms with E-state index in [0.29, 0.717) is 23.7 Å². The Balaban J connectivity index is 1.48. The SMILES string of the molecule is Cc1ccccc1-n1nnnc1SCC(=O)c1cccc(N2CCCC2=O)c1. The molecule has 2 aromatic carbocycles. The van der Waals surface area contributed by atoms with E-state index in [4.69, 9.17) is 0 Å². The molecule has 1 fully saturated rings. The quantitative estimate of drug-likeness (QED) is 0.473. The van der Waals surface area contributed by atoms with Gasteiger partial charge in [0.25, 0.3) is 0 Å². The van der Waals surface area contributed by atoms with Gasteiger partial charge in [0.05, 0.1) is 11.4 Å². The van der Waals surface area contributed by atoms with Crippen molar-refractivity contribution in [3.8, 4) is 5.69 Å². The Labute approximate surface area is 166 Å². The highest BCUT2D eigenvalue weighted by Crippen LogP contribution is 2.25. The first-order valence-electron chi connectivity index (χ1n) is 9.04. The van der Waals surface area contributed by atoms with E-state index in [1.807, 2.05) is 43.3 Å². The molecule has 0 bridgehead atoms. The van der Waals surface area contributed by atoms with Crippen LogP contribution < -0.4 is 4.90 Å². The minimum atomic E-state index is -0.0298. The minimum absolute atomic E-state index is 0.0298. The second-order valence-electron chi connectivity index (χ2n) is 6.57. The summed E-state index contributed by atoms with van der Waals surface area (Å²) in [7, 11) is 0. The molecule has 0 radical (unpaired) electrons. The number of Topliss-reactive ketones (excluding diaryl/α,β-unsaturated/α-hetero) is 1. The molecule has 0 saturated carbocycles. The third kappa shape index (κ3) is 3.68. The van der Waals surface area contributed by atoms with Crippen molar-refractivity contribution in [1.82, 2.24) is 20.2 Å². The first-order valence-corrected chi connectivity index (χ1v) is 10.0. The van der Waals surface area contributed by atoms with E-state index in [1.54, 1.807) is 21.7 Å². The van der Waals surface area contributed by atoms with Crippen LogP contribution in [-0.4, -0.2) is 44.2 Å². The van der Waals surface area contributed by atoms with Gasteiger partial charge in [0.15, 0.2) is 5.78 Å². The Morgan fingerprint density at radius 1 is 1.18 bits per heavy atom. The topological polar surface area (TPSA) is 81.0 Å². The number of hydrogen-bond acceptors (Lipinski definition) is 6. The van der Waals surface area contributed by atoms with Crippen molar-refractivity contribution in [2.24, 2.45) is 0 Å². The predicted octanol–water partition coefficient (Wildman–Crippen LogP) is 3.07. The molecule has 7 nitrogen and oxygen atoms in total. The normalized spacial score (nSPS) is 13.9. The zero-order valence-electron chi connectivity index (χ0n) is 15.4. The average Bonchev–Trinajstić information content (AvgIpc) is 3.35. The molecule has 0 spiro atoms. The Morgan fingerprint density at radius 2 is 2.04 bits per heavy atom. The Hall–Kier alpha value is -3.00. The molecular weight excluding hydrogens is 374 g/mol. The highest BCUT2D eigenvalue weighted by molar-refractivity contribution is 7.99. The Bertz CT molecular complexity index is 1030. The van der Waals surface area contributed by atoms with E-state index < -0.39 is 0 Å². The summed E-state index contributed by atoms with van der Waals surface area (Å²) < 4.78 is 1.65. The van der Waals surface area contributed by atoms with Crippen molar-refractivity contribution in [1.29, 1.82) is 0 Å². The lowest BCUT2D eigenvalue weighted by Crippen LogP contribution is -2.23. The molecule has 0 N–H and O–H groups in total. The summed E-state index contributed by atoms with van der Waals surface area (Å²) in [4.78, 5) is 26.4. The van der Waals surface area contributed by atoms with Crippen LogP contribution in [0.1, 0.15) is 28.8 Å². The van der Waals surface area contributed by atoms with Crippen molar-refractivity contribution in [3.63, 3.8) is 0 Å². The number of thioether (sulfide) groups is 1. The summed E-state index contributed by atoms with van der Waals surface area (Å²) >= 11 is 1.30. The molecule has 2 heterocycles. The van der Waals surface area contributed by atoms with Crippen LogP contribution in [0.4, 0.5) is 5.69 Å². The van der Waals surface area contributed by atoms with E-state index >= 15 is 0 Å². The maximum atomic E-state index is 12.7. The maximum Gasteiger partial charge on any atom is 0.227 e. The lowest BCUT2D eigenvalue weighted by atomic mass is 10.1. The van der Waals surface area contributed by atoms with Gasteiger partial charge >= 0.3 is 0 Å². The number of ketones is 1. The summed E-state index contributed by atoms with van der Waals surface area (Å²) in [5.41, 5.74) is 3.30. The number of aryl methyl sites for hydroxylation is 1. The van der Waals surface area contributed by atoms with Crippen molar-refractivity contribution in [2.45, 2.75) is 24.9 Å². The van der Waals surface area contributed by atoms with Crippen molar-refractivity contribution in [2.75, 3.05) is 17.2 Å². The average molecular weight is 393 g/mol. The number of nitrogens with zero attached hydrogens (tertiary/aromatic N) is 5. The number of tetrazole rings is 1. The van der Waals surface area contributed by atoms with Crippen LogP contribution in [0.2, 0.25) is 0 Å². The number of anilines is 1. The van der Waals surface area contributed by atoms with Gasteiger partial charge in [-0.15, -0.1) is 5.10 Å². The fourth-order valence-corrected chi connectivity index (χ4v) is 3.98. The fourth-order valence-electron chi connectivity index (χ4n) is 3.20. The van der Waals surface area contributed by atoms with Gasteiger partial charge in [-0.05, 0) is 47.5 Å². The number of para-hydroxylation sites is 1. The van der Waals surface area contributed by atoms with Crippen LogP contribution in [0.5, 0.6) is 0 Å². The highest BCUT2D eigenvalue weighted by atomic mass is 32.2. The van der Waals surface area contributed by atoms with Crippen LogP contribution in [-0.2, 0) is 4.79 Å². The van der Waals surface area contributed by atoms with Crippen LogP contribution in [0.15, 0.2) is 53.7 Å². The predicted molar refractivity (Wildman–Crippen MR) is 107 cm³/mol. The van der Waals surface area contributed by atoms with Crippen LogP contribution in [0.25, 0.3) is 5.69 Å². The first kappa shape index (κ1) is 18.4. The molecular formula is C20H19N5O2S.